The molecule has 0 aliphatic rings. The highest BCUT2D eigenvalue weighted by atomic mass is 28.3. The van der Waals surface area contributed by atoms with E-state index in [1.807, 2.05) is 18.2 Å². The van der Waals surface area contributed by atoms with Crippen molar-refractivity contribution >= 4 is 8.07 Å². The first-order chi connectivity index (χ1) is 10.5. The molecule has 0 spiro atoms. The zero-order chi connectivity index (χ0) is 16.4. The van der Waals surface area contributed by atoms with Crippen molar-refractivity contribution in [1.82, 2.24) is 5.32 Å². The zero-order valence-electron chi connectivity index (χ0n) is 14.4. The number of benzene rings is 1. The summed E-state index contributed by atoms with van der Waals surface area (Å²) in [4.78, 5) is 0. The maximum atomic E-state index is 5.69. The summed E-state index contributed by atoms with van der Waals surface area (Å²) in [6.07, 6.45) is 4.49. The van der Waals surface area contributed by atoms with E-state index in [-0.39, 0.29) is 0 Å². The molecule has 0 atom stereocenters. The zero-order valence-corrected chi connectivity index (χ0v) is 15.4. The summed E-state index contributed by atoms with van der Waals surface area (Å²) < 4.78 is 16.1. The first kappa shape index (κ1) is 18.6. The van der Waals surface area contributed by atoms with Crippen LogP contribution in [0, 0.1) is 0 Å². The minimum absolute atomic E-state index is 0.622. The molecule has 0 heterocycles. The predicted octanol–water partition coefficient (Wildman–Crippen LogP) is 3.57. The van der Waals surface area contributed by atoms with E-state index in [4.69, 9.17) is 14.2 Å². The molecule has 1 aromatic rings. The van der Waals surface area contributed by atoms with Crippen molar-refractivity contribution in [2.24, 2.45) is 0 Å². The molecular formula is C17H29NO3Si. The van der Waals surface area contributed by atoms with Crippen LogP contribution in [-0.4, -0.2) is 42.0 Å². The average Bonchev–Trinajstić information content (AvgIpc) is 2.48. The average molecular weight is 324 g/mol. The van der Waals surface area contributed by atoms with E-state index in [9.17, 15) is 0 Å². The van der Waals surface area contributed by atoms with Gasteiger partial charge in [-0.05, 0) is 18.2 Å². The van der Waals surface area contributed by atoms with Gasteiger partial charge in [0.05, 0.1) is 14.2 Å². The highest BCUT2D eigenvalue weighted by Crippen LogP contribution is 2.30. The molecule has 124 valence electrons. The molecule has 0 unspecified atom stereocenters. The van der Waals surface area contributed by atoms with Crippen molar-refractivity contribution < 1.29 is 14.2 Å². The van der Waals surface area contributed by atoms with Gasteiger partial charge in [-0.15, -0.1) is 0 Å². The van der Waals surface area contributed by atoms with Crippen LogP contribution in [0.1, 0.15) is 0 Å². The number of allylic oxidation sites excluding steroid dienone is 1. The van der Waals surface area contributed by atoms with E-state index in [0.29, 0.717) is 18.1 Å². The Morgan fingerprint density at radius 3 is 2.41 bits per heavy atom. The smallest absolute Gasteiger partial charge is 0.164 e. The molecule has 0 saturated carbocycles. The van der Waals surface area contributed by atoms with Gasteiger partial charge in [-0.1, -0.05) is 31.8 Å². The molecular weight excluding hydrogens is 294 g/mol. The summed E-state index contributed by atoms with van der Waals surface area (Å²) in [7, 11) is 2.29. The van der Waals surface area contributed by atoms with Crippen LogP contribution in [0.2, 0.25) is 25.7 Å². The lowest BCUT2D eigenvalue weighted by molar-refractivity contribution is 0.309. The molecule has 0 saturated heterocycles. The van der Waals surface area contributed by atoms with E-state index >= 15 is 0 Å². The number of nitrogens with one attached hydrogen (secondary N) is 1. The third-order valence-electron chi connectivity index (χ3n) is 3.06. The predicted molar refractivity (Wildman–Crippen MR) is 95.2 cm³/mol. The van der Waals surface area contributed by atoms with Crippen LogP contribution >= 0.6 is 0 Å². The molecule has 1 aromatic carbocycles. The summed E-state index contributed by atoms with van der Waals surface area (Å²) in [5, 5.41) is 3.34. The SMILES string of the molecule is COc1ccc(OCCNC/C=C/C[Si](C)(C)C)cc1OC. The van der Waals surface area contributed by atoms with Gasteiger partial charge in [0, 0.05) is 27.2 Å². The monoisotopic (exact) mass is 323 g/mol. The molecule has 1 rings (SSSR count). The van der Waals surface area contributed by atoms with Gasteiger partial charge in [-0.25, -0.2) is 0 Å². The van der Waals surface area contributed by atoms with Crippen molar-refractivity contribution in [3.05, 3.63) is 30.4 Å². The van der Waals surface area contributed by atoms with E-state index < -0.39 is 8.07 Å². The van der Waals surface area contributed by atoms with Crippen molar-refractivity contribution in [2.45, 2.75) is 25.7 Å². The van der Waals surface area contributed by atoms with E-state index in [1.165, 1.54) is 6.04 Å². The molecule has 0 aromatic heterocycles. The number of hydrogen-bond acceptors (Lipinski definition) is 4. The molecule has 1 N–H and O–H groups in total. The highest BCUT2D eigenvalue weighted by molar-refractivity contribution is 6.76. The summed E-state index contributed by atoms with van der Waals surface area (Å²) in [5.41, 5.74) is 0. The Labute approximate surface area is 135 Å². The largest absolute Gasteiger partial charge is 0.493 e. The first-order valence-electron chi connectivity index (χ1n) is 7.67. The second kappa shape index (κ2) is 9.53. The van der Waals surface area contributed by atoms with Gasteiger partial charge >= 0.3 is 0 Å². The van der Waals surface area contributed by atoms with Gasteiger partial charge in [0.25, 0.3) is 0 Å². The lowest BCUT2D eigenvalue weighted by Gasteiger charge is -2.12. The normalized spacial score (nSPS) is 11.7. The van der Waals surface area contributed by atoms with Crippen LogP contribution in [-0.2, 0) is 0 Å². The van der Waals surface area contributed by atoms with Crippen LogP contribution < -0.4 is 19.5 Å². The van der Waals surface area contributed by atoms with Gasteiger partial charge in [-0.2, -0.15) is 0 Å². The Balaban J connectivity index is 2.22. The van der Waals surface area contributed by atoms with Gasteiger partial charge in [0.2, 0.25) is 0 Å². The summed E-state index contributed by atoms with van der Waals surface area (Å²) in [6, 6.07) is 6.81. The van der Waals surface area contributed by atoms with Gasteiger partial charge in [0.1, 0.15) is 12.4 Å². The maximum Gasteiger partial charge on any atom is 0.164 e. The van der Waals surface area contributed by atoms with E-state index in [0.717, 1.165) is 18.8 Å². The van der Waals surface area contributed by atoms with Crippen molar-refractivity contribution in [3.8, 4) is 17.2 Å². The van der Waals surface area contributed by atoms with Gasteiger partial charge < -0.3 is 19.5 Å². The third-order valence-corrected chi connectivity index (χ3v) is 4.52. The molecule has 0 aliphatic heterocycles. The van der Waals surface area contributed by atoms with Crippen LogP contribution in [0.25, 0.3) is 0 Å². The Hall–Kier alpha value is -1.46. The summed E-state index contributed by atoms with van der Waals surface area (Å²) in [5.74, 6) is 2.18. The second-order valence-corrected chi connectivity index (χ2v) is 11.8. The number of ether oxygens (including phenoxy) is 3. The maximum absolute atomic E-state index is 5.69. The Morgan fingerprint density at radius 1 is 1.05 bits per heavy atom. The summed E-state index contributed by atoms with van der Waals surface area (Å²) in [6.45, 7) is 9.45. The molecule has 5 heteroatoms. The number of rotatable bonds is 10. The van der Waals surface area contributed by atoms with Crippen molar-refractivity contribution in [3.63, 3.8) is 0 Å². The Morgan fingerprint density at radius 2 is 1.77 bits per heavy atom. The fourth-order valence-corrected chi connectivity index (χ4v) is 2.73. The standard InChI is InChI=1S/C17H29NO3Si/c1-19-16-9-8-15(14-17(16)20-2)21-12-11-18-10-6-7-13-22(3,4)5/h6-9,14,18H,10-13H2,1-5H3/b7-6+. The summed E-state index contributed by atoms with van der Waals surface area (Å²) >= 11 is 0. The van der Waals surface area contributed by atoms with Crippen LogP contribution in [0.5, 0.6) is 17.2 Å². The fraction of sp³-hybridized carbons (Fsp3) is 0.529. The molecule has 0 fully saturated rings. The lowest BCUT2D eigenvalue weighted by Crippen LogP contribution is -2.21. The van der Waals surface area contributed by atoms with Crippen molar-refractivity contribution in [1.29, 1.82) is 0 Å². The van der Waals surface area contributed by atoms with Gasteiger partial charge in [0.15, 0.2) is 11.5 Å². The second-order valence-electron chi connectivity index (χ2n) is 6.31. The number of hydrogen-bond donors (Lipinski definition) is 1. The highest BCUT2D eigenvalue weighted by Gasteiger charge is 2.09. The third kappa shape index (κ3) is 7.52. The van der Waals surface area contributed by atoms with Crippen LogP contribution in [0.3, 0.4) is 0 Å². The van der Waals surface area contributed by atoms with Crippen LogP contribution in [0.4, 0.5) is 0 Å². The quantitative estimate of drug-likeness (QED) is 0.406. The molecule has 0 bridgehead atoms. The molecule has 4 nitrogen and oxygen atoms in total. The van der Waals surface area contributed by atoms with Crippen molar-refractivity contribution in [2.75, 3.05) is 33.9 Å². The topological polar surface area (TPSA) is 39.7 Å². The van der Waals surface area contributed by atoms with Gasteiger partial charge in [-0.3, -0.25) is 0 Å². The minimum Gasteiger partial charge on any atom is -0.493 e. The molecule has 0 amide bonds. The number of methoxy groups -OCH3 is 2. The first-order valence-corrected chi connectivity index (χ1v) is 11.4. The van der Waals surface area contributed by atoms with E-state index in [1.54, 1.807) is 14.2 Å². The lowest BCUT2D eigenvalue weighted by atomic mass is 10.3. The Kier molecular flexibility index (Phi) is 8.05. The van der Waals surface area contributed by atoms with E-state index in [2.05, 4.69) is 37.1 Å². The Bertz CT molecular complexity index is 469. The molecule has 0 radical (unpaired) electrons. The fourth-order valence-electron chi connectivity index (χ4n) is 1.85. The van der Waals surface area contributed by atoms with Crippen LogP contribution in [0.15, 0.2) is 30.4 Å². The molecule has 0 aliphatic carbocycles. The minimum atomic E-state index is -0.955. The molecule has 22 heavy (non-hydrogen) atoms.